The highest BCUT2D eigenvalue weighted by Gasteiger charge is 2.24. The molecule has 0 fully saturated rings. The van der Waals surface area contributed by atoms with E-state index in [1.165, 1.54) is 22.2 Å². The summed E-state index contributed by atoms with van der Waals surface area (Å²) in [5, 5.41) is 1.55. The predicted molar refractivity (Wildman–Crippen MR) is 146 cm³/mol. The lowest BCUT2D eigenvalue weighted by atomic mass is 10.1. The van der Waals surface area contributed by atoms with Crippen molar-refractivity contribution in [3.63, 3.8) is 0 Å². The highest BCUT2D eigenvalue weighted by atomic mass is 32.2. The van der Waals surface area contributed by atoms with Gasteiger partial charge in [-0.3, -0.25) is 13.9 Å². The molecule has 0 bridgehead atoms. The van der Waals surface area contributed by atoms with E-state index in [-0.39, 0.29) is 17.0 Å². The SMILES string of the molecule is Cc1sc(-c2cccnc2)nc1-c1ccc2c(c1)cc(-c1c(F)cccc1OF)n2S(=O)c1ccccc1. The van der Waals surface area contributed by atoms with Crippen molar-refractivity contribution >= 4 is 33.2 Å². The van der Waals surface area contributed by atoms with Gasteiger partial charge in [-0.1, -0.05) is 30.3 Å². The van der Waals surface area contributed by atoms with Gasteiger partial charge >= 0.3 is 0 Å². The van der Waals surface area contributed by atoms with Gasteiger partial charge in [0.25, 0.3) is 0 Å². The van der Waals surface area contributed by atoms with Gasteiger partial charge in [0.05, 0.1) is 27.4 Å². The summed E-state index contributed by atoms with van der Waals surface area (Å²) in [7, 11) is -1.75. The van der Waals surface area contributed by atoms with Crippen LogP contribution < -0.4 is 4.94 Å². The Morgan fingerprint density at radius 3 is 2.55 bits per heavy atom. The van der Waals surface area contributed by atoms with Crippen LogP contribution >= 0.6 is 11.3 Å². The molecule has 3 aromatic heterocycles. The van der Waals surface area contributed by atoms with Crippen LogP contribution in [0.25, 0.3) is 44.0 Å². The molecule has 0 aliphatic rings. The van der Waals surface area contributed by atoms with Crippen molar-refractivity contribution in [1.29, 1.82) is 0 Å². The van der Waals surface area contributed by atoms with Gasteiger partial charge in [0.1, 0.15) is 10.8 Å². The molecule has 38 heavy (non-hydrogen) atoms. The minimum Gasteiger partial charge on any atom is -0.294 e. The van der Waals surface area contributed by atoms with Crippen LogP contribution in [0.3, 0.4) is 0 Å². The number of hydrogen-bond acceptors (Lipinski definition) is 5. The summed E-state index contributed by atoms with van der Waals surface area (Å²) in [6, 6.07) is 23.9. The summed E-state index contributed by atoms with van der Waals surface area (Å²) in [4.78, 5) is 14.6. The van der Waals surface area contributed by atoms with Gasteiger partial charge < -0.3 is 0 Å². The second kappa shape index (κ2) is 9.92. The molecule has 0 saturated heterocycles. The number of hydrogen-bond donors (Lipinski definition) is 0. The summed E-state index contributed by atoms with van der Waals surface area (Å²) < 4.78 is 43.9. The Labute approximate surface area is 223 Å². The Morgan fingerprint density at radius 2 is 1.79 bits per heavy atom. The summed E-state index contributed by atoms with van der Waals surface area (Å²) in [5.41, 5.74) is 3.31. The maximum atomic E-state index is 15.1. The molecule has 6 rings (SSSR count). The van der Waals surface area contributed by atoms with Crippen LogP contribution in [0.1, 0.15) is 4.88 Å². The van der Waals surface area contributed by atoms with E-state index in [9.17, 15) is 8.74 Å². The molecule has 188 valence electrons. The van der Waals surface area contributed by atoms with E-state index < -0.39 is 16.8 Å². The molecule has 3 aromatic carbocycles. The molecule has 0 saturated carbocycles. The fraction of sp³-hybridized carbons (Fsp3) is 0.0345. The minimum atomic E-state index is -1.75. The van der Waals surface area contributed by atoms with Gasteiger partial charge in [-0.15, -0.1) is 11.3 Å². The van der Waals surface area contributed by atoms with Crippen LogP contribution in [0.5, 0.6) is 5.75 Å². The van der Waals surface area contributed by atoms with Crippen LogP contribution in [-0.2, 0) is 11.0 Å². The normalized spacial score (nSPS) is 12.1. The fourth-order valence-electron chi connectivity index (χ4n) is 4.43. The molecule has 0 spiro atoms. The van der Waals surface area contributed by atoms with E-state index in [4.69, 9.17) is 4.98 Å². The van der Waals surface area contributed by atoms with Crippen LogP contribution in [0.4, 0.5) is 8.92 Å². The molecule has 1 atom stereocenters. The van der Waals surface area contributed by atoms with Gasteiger partial charge in [-0.05, 0) is 61.5 Å². The number of aryl methyl sites for hydroxylation is 1. The monoisotopic (exact) mass is 543 g/mol. The molecule has 6 aromatic rings. The lowest BCUT2D eigenvalue weighted by molar-refractivity contribution is -0.00578. The summed E-state index contributed by atoms with van der Waals surface area (Å²) in [5.74, 6) is -0.984. The topological polar surface area (TPSA) is 57.0 Å². The Balaban J connectivity index is 1.55. The number of fused-ring (bicyclic) bond motifs is 1. The average Bonchev–Trinajstić information content (AvgIpc) is 3.53. The van der Waals surface area contributed by atoms with E-state index in [0.717, 1.165) is 26.7 Å². The van der Waals surface area contributed by atoms with Crippen molar-refractivity contribution in [1.82, 2.24) is 13.9 Å². The number of benzene rings is 3. The van der Waals surface area contributed by atoms with E-state index >= 15 is 4.39 Å². The molecule has 0 amide bonds. The van der Waals surface area contributed by atoms with Crippen molar-refractivity contribution < 1.29 is 18.1 Å². The molecule has 0 radical (unpaired) electrons. The van der Waals surface area contributed by atoms with Gasteiger partial charge in [-0.2, -0.15) is 0 Å². The number of thiazole rings is 1. The van der Waals surface area contributed by atoms with Gasteiger partial charge in [0, 0.05) is 38.3 Å². The lowest BCUT2D eigenvalue weighted by Gasteiger charge is -2.12. The van der Waals surface area contributed by atoms with Gasteiger partial charge in [-0.25, -0.2) is 13.6 Å². The minimum absolute atomic E-state index is 0.110. The zero-order valence-electron chi connectivity index (χ0n) is 20.0. The van der Waals surface area contributed by atoms with Crippen LogP contribution in [0, 0.1) is 12.7 Å². The van der Waals surface area contributed by atoms with Gasteiger partial charge in [0.15, 0.2) is 16.7 Å². The molecule has 0 aliphatic carbocycles. The van der Waals surface area contributed by atoms with E-state index in [2.05, 4.69) is 9.93 Å². The Kier molecular flexibility index (Phi) is 6.30. The third kappa shape index (κ3) is 4.19. The predicted octanol–water partition coefficient (Wildman–Crippen LogP) is 7.78. The van der Waals surface area contributed by atoms with Crippen molar-refractivity contribution in [2.45, 2.75) is 11.8 Å². The maximum absolute atomic E-state index is 15.1. The Hall–Kier alpha value is -4.21. The molecular formula is C29H19F2N3O2S2. The van der Waals surface area contributed by atoms with Crippen molar-refractivity contribution in [3.8, 4) is 38.8 Å². The molecule has 5 nitrogen and oxygen atoms in total. The average molecular weight is 544 g/mol. The molecule has 9 heteroatoms. The number of aromatic nitrogens is 3. The first-order chi connectivity index (χ1) is 18.5. The first kappa shape index (κ1) is 24.1. The summed E-state index contributed by atoms with van der Waals surface area (Å²) in [6.07, 6.45) is 3.49. The lowest BCUT2D eigenvalue weighted by Crippen LogP contribution is -2.07. The van der Waals surface area contributed by atoms with Crippen molar-refractivity contribution in [2.75, 3.05) is 0 Å². The number of nitrogens with zero attached hydrogens (tertiary/aromatic N) is 3. The van der Waals surface area contributed by atoms with Crippen molar-refractivity contribution in [3.05, 3.63) is 108 Å². The standard InChI is InChI=1S/C29H19F2N3O2S2/c1-18-28(33-29(37-18)20-7-6-14-32-17-20)19-12-13-24-21(15-19)16-25(27-23(30)10-5-11-26(27)36-31)34(24)38(35)22-8-3-2-4-9-22/h2-17H,1H3. The summed E-state index contributed by atoms with van der Waals surface area (Å²) >= 11 is 1.57. The highest BCUT2D eigenvalue weighted by molar-refractivity contribution is 7.83. The molecule has 1 unspecified atom stereocenters. The largest absolute Gasteiger partial charge is 0.294 e. The van der Waals surface area contributed by atoms with Gasteiger partial charge in [0.2, 0.25) is 0 Å². The Morgan fingerprint density at radius 1 is 0.947 bits per heavy atom. The third-order valence-corrected chi connectivity index (χ3v) is 8.58. The number of rotatable bonds is 6. The first-order valence-electron chi connectivity index (χ1n) is 11.6. The zero-order valence-corrected chi connectivity index (χ0v) is 21.6. The second-order valence-corrected chi connectivity index (χ2v) is 11.1. The summed E-state index contributed by atoms with van der Waals surface area (Å²) in [6.45, 7) is 2.00. The van der Waals surface area contributed by atoms with E-state index in [1.807, 2.05) is 43.3 Å². The van der Waals surface area contributed by atoms with E-state index in [1.54, 1.807) is 54.1 Å². The van der Waals surface area contributed by atoms with E-state index in [0.29, 0.717) is 15.8 Å². The second-order valence-electron chi connectivity index (χ2n) is 8.52. The number of halogens is 2. The Bertz CT molecular complexity index is 1800. The fourth-order valence-corrected chi connectivity index (χ4v) is 6.62. The van der Waals surface area contributed by atoms with Crippen molar-refractivity contribution in [2.24, 2.45) is 0 Å². The zero-order chi connectivity index (χ0) is 26.2. The quantitative estimate of drug-likeness (QED) is 0.215. The van der Waals surface area contributed by atoms with Crippen LogP contribution in [-0.4, -0.2) is 18.1 Å². The number of pyridine rings is 1. The molecule has 0 N–H and O–H groups in total. The smallest absolute Gasteiger partial charge is 0.184 e. The molecule has 0 aliphatic heterocycles. The highest BCUT2D eigenvalue weighted by Crippen LogP contribution is 2.40. The molecule has 3 heterocycles. The molecular weight excluding hydrogens is 524 g/mol. The maximum Gasteiger partial charge on any atom is 0.184 e. The van der Waals surface area contributed by atoms with Crippen LogP contribution in [0.2, 0.25) is 0 Å². The van der Waals surface area contributed by atoms with Crippen LogP contribution in [0.15, 0.2) is 102 Å². The third-order valence-electron chi connectivity index (χ3n) is 6.16. The first-order valence-corrected chi connectivity index (χ1v) is 13.6.